The molecule has 7 heteroatoms. The molecule has 3 aromatic rings. The number of rotatable bonds is 3. The van der Waals surface area contributed by atoms with Gasteiger partial charge >= 0.3 is 0 Å². The third kappa shape index (κ3) is 3.19. The number of benzene rings is 2. The molecule has 1 atom stereocenters. The van der Waals surface area contributed by atoms with Crippen LogP contribution in [0.5, 0.6) is 0 Å². The van der Waals surface area contributed by atoms with Crippen molar-refractivity contribution in [2.45, 2.75) is 19.9 Å². The highest BCUT2D eigenvalue weighted by Gasteiger charge is 2.48. The molecule has 1 N–H and O–H groups in total. The van der Waals surface area contributed by atoms with Crippen LogP contribution in [0.25, 0.3) is 5.76 Å². The summed E-state index contributed by atoms with van der Waals surface area (Å²) >= 11 is 6.04. The molecule has 1 aliphatic heterocycles. The number of aliphatic hydroxyl groups excluding tert-OH is 1. The summed E-state index contributed by atoms with van der Waals surface area (Å²) in [4.78, 5) is 27.3. The number of furan rings is 1. The Morgan fingerprint density at radius 1 is 1.10 bits per heavy atom. The summed E-state index contributed by atoms with van der Waals surface area (Å²) in [5.41, 5.74) is 1.55. The third-order valence-corrected chi connectivity index (χ3v) is 5.34. The number of hydrogen-bond acceptors (Lipinski definition) is 4. The molecule has 5 nitrogen and oxygen atoms in total. The summed E-state index contributed by atoms with van der Waals surface area (Å²) in [6.07, 6.45) is 1.42. The van der Waals surface area contributed by atoms with Crippen LogP contribution in [0.1, 0.15) is 28.5 Å². The number of carbonyl (C=O) groups is 2. The van der Waals surface area contributed by atoms with Crippen molar-refractivity contribution in [2.75, 3.05) is 4.90 Å². The maximum atomic E-state index is 13.7. The number of nitrogens with zero attached hydrogens (tertiary/aromatic N) is 1. The molecule has 1 fully saturated rings. The Labute approximate surface area is 177 Å². The summed E-state index contributed by atoms with van der Waals surface area (Å²) < 4.78 is 19.2. The van der Waals surface area contributed by atoms with E-state index in [2.05, 4.69) is 0 Å². The van der Waals surface area contributed by atoms with Gasteiger partial charge in [0.05, 0.1) is 11.8 Å². The average molecular weight is 426 g/mol. The van der Waals surface area contributed by atoms with Gasteiger partial charge in [0.15, 0.2) is 0 Å². The van der Waals surface area contributed by atoms with E-state index in [1.807, 2.05) is 0 Å². The summed E-state index contributed by atoms with van der Waals surface area (Å²) in [7, 11) is 0. The van der Waals surface area contributed by atoms with Gasteiger partial charge in [-0.25, -0.2) is 4.39 Å². The molecule has 0 radical (unpaired) electrons. The van der Waals surface area contributed by atoms with Crippen LogP contribution in [0.3, 0.4) is 0 Å². The summed E-state index contributed by atoms with van der Waals surface area (Å²) in [6, 6.07) is 11.2. The maximum Gasteiger partial charge on any atom is 0.300 e. The van der Waals surface area contributed by atoms with Crippen LogP contribution in [-0.2, 0) is 9.59 Å². The first-order valence-corrected chi connectivity index (χ1v) is 9.54. The van der Waals surface area contributed by atoms with Crippen LogP contribution < -0.4 is 4.90 Å². The van der Waals surface area contributed by atoms with Crippen LogP contribution in [0.15, 0.2) is 64.8 Å². The Morgan fingerprint density at radius 2 is 1.87 bits per heavy atom. The van der Waals surface area contributed by atoms with Gasteiger partial charge in [0, 0.05) is 16.3 Å². The van der Waals surface area contributed by atoms with Gasteiger partial charge in [-0.3, -0.25) is 14.5 Å². The van der Waals surface area contributed by atoms with Gasteiger partial charge in [-0.15, -0.1) is 0 Å². The van der Waals surface area contributed by atoms with Crippen molar-refractivity contribution in [1.82, 2.24) is 0 Å². The second-order valence-corrected chi connectivity index (χ2v) is 7.52. The standard InChI is InChI=1S/C23H17ClFNO4/c1-12-10-14(5-7-16(12)25)21(27)19-20(18-4-3-9-30-18)26(23(29)22(19)28)17-8-6-15(24)11-13(17)2/h3-11,20,27H,1-2H3/b21-19-. The van der Waals surface area contributed by atoms with Crippen molar-refractivity contribution in [2.24, 2.45) is 0 Å². The number of halogens is 2. The monoisotopic (exact) mass is 425 g/mol. The lowest BCUT2D eigenvalue weighted by Gasteiger charge is -2.25. The van der Waals surface area contributed by atoms with E-state index < -0.39 is 29.3 Å². The van der Waals surface area contributed by atoms with Crippen molar-refractivity contribution >= 4 is 34.7 Å². The molecule has 2 heterocycles. The molecule has 152 valence electrons. The molecule has 1 aromatic heterocycles. The quantitative estimate of drug-likeness (QED) is 0.350. The van der Waals surface area contributed by atoms with E-state index in [0.29, 0.717) is 27.6 Å². The molecule has 4 rings (SSSR count). The lowest BCUT2D eigenvalue weighted by molar-refractivity contribution is -0.132. The zero-order chi connectivity index (χ0) is 21.6. The maximum absolute atomic E-state index is 13.7. The van der Waals surface area contributed by atoms with E-state index in [0.717, 1.165) is 0 Å². The van der Waals surface area contributed by atoms with Crippen LogP contribution >= 0.6 is 11.6 Å². The van der Waals surface area contributed by atoms with Gasteiger partial charge in [0.25, 0.3) is 11.7 Å². The highest BCUT2D eigenvalue weighted by atomic mass is 35.5. The molecule has 0 bridgehead atoms. The normalized spacial score (nSPS) is 18.3. The van der Waals surface area contributed by atoms with Gasteiger partial charge in [-0.1, -0.05) is 11.6 Å². The molecular weight excluding hydrogens is 409 g/mol. The summed E-state index contributed by atoms with van der Waals surface area (Å²) in [5, 5.41) is 11.5. The van der Waals surface area contributed by atoms with E-state index in [9.17, 15) is 19.1 Å². The number of carbonyl (C=O) groups excluding carboxylic acids is 2. The van der Waals surface area contributed by atoms with Crippen LogP contribution in [0, 0.1) is 19.7 Å². The fourth-order valence-corrected chi connectivity index (χ4v) is 3.86. The smallest absolute Gasteiger partial charge is 0.300 e. The Kier molecular flexibility index (Phi) is 4.95. The minimum atomic E-state index is -0.981. The SMILES string of the molecule is Cc1cc(/C(O)=C2/C(=O)C(=O)N(c3ccc(Cl)cc3C)C2c2ccco2)ccc1F. The summed E-state index contributed by atoms with van der Waals surface area (Å²) in [6.45, 7) is 3.31. The number of ketones is 1. The Bertz CT molecular complexity index is 1200. The Balaban J connectivity index is 1.95. The van der Waals surface area contributed by atoms with E-state index in [1.54, 1.807) is 44.2 Å². The molecule has 0 saturated carbocycles. The molecular formula is C23H17ClFNO4. The predicted octanol–water partition coefficient (Wildman–Crippen LogP) is 5.32. The molecule has 0 aliphatic carbocycles. The fraction of sp³-hybridized carbons (Fsp3) is 0.130. The number of amides is 1. The van der Waals surface area contributed by atoms with E-state index >= 15 is 0 Å². The van der Waals surface area contributed by atoms with Crippen LogP contribution in [0.4, 0.5) is 10.1 Å². The van der Waals surface area contributed by atoms with Crippen molar-refractivity contribution < 1.29 is 23.5 Å². The molecule has 0 spiro atoms. The number of hydrogen-bond donors (Lipinski definition) is 1. The second kappa shape index (κ2) is 7.46. The number of anilines is 1. The van der Waals surface area contributed by atoms with Crippen molar-refractivity contribution in [1.29, 1.82) is 0 Å². The van der Waals surface area contributed by atoms with Crippen LogP contribution in [-0.4, -0.2) is 16.8 Å². The second-order valence-electron chi connectivity index (χ2n) is 7.08. The fourth-order valence-electron chi connectivity index (χ4n) is 3.63. The lowest BCUT2D eigenvalue weighted by atomic mass is 9.98. The molecule has 1 aliphatic rings. The zero-order valence-corrected chi connectivity index (χ0v) is 16.9. The molecule has 1 unspecified atom stereocenters. The van der Waals surface area contributed by atoms with Gasteiger partial charge in [0.1, 0.15) is 23.4 Å². The third-order valence-electron chi connectivity index (χ3n) is 5.11. The molecule has 30 heavy (non-hydrogen) atoms. The minimum Gasteiger partial charge on any atom is -0.507 e. The van der Waals surface area contributed by atoms with E-state index in [-0.39, 0.29) is 11.1 Å². The first-order chi connectivity index (χ1) is 14.3. The Hall–Kier alpha value is -3.38. The van der Waals surface area contributed by atoms with Crippen molar-refractivity contribution in [3.8, 4) is 0 Å². The first kappa shape index (κ1) is 19.9. The van der Waals surface area contributed by atoms with E-state index in [1.165, 1.54) is 29.4 Å². The largest absolute Gasteiger partial charge is 0.507 e. The van der Waals surface area contributed by atoms with Gasteiger partial charge in [0.2, 0.25) is 0 Å². The van der Waals surface area contributed by atoms with Crippen molar-refractivity contribution in [3.63, 3.8) is 0 Å². The lowest BCUT2D eigenvalue weighted by Crippen LogP contribution is -2.29. The zero-order valence-electron chi connectivity index (χ0n) is 16.1. The topological polar surface area (TPSA) is 70.8 Å². The van der Waals surface area contributed by atoms with Crippen molar-refractivity contribution in [3.05, 3.63) is 93.7 Å². The molecule has 1 amide bonds. The molecule has 1 saturated heterocycles. The number of aliphatic hydroxyl groups is 1. The predicted molar refractivity (Wildman–Crippen MR) is 111 cm³/mol. The van der Waals surface area contributed by atoms with E-state index in [4.69, 9.17) is 16.0 Å². The Morgan fingerprint density at radius 3 is 2.50 bits per heavy atom. The molecule has 2 aromatic carbocycles. The summed E-state index contributed by atoms with van der Waals surface area (Å²) in [5.74, 6) is -2.19. The van der Waals surface area contributed by atoms with Gasteiger partial charge in [-0.2, -0.15) is 0 Å². The van der Waals surface area contributed by atoms with Crippen LogP contribution in [0.2, 0.25) is 5.02 Å². The number of Topliss-reactive ketones (excluding diaryl/α,β-unsaturated/α-hetero) is 1. The highest BCUT2D eigenvalue weighted by Crippen LogP contribution is 2.43. The first-order valence-electron chi connectivity index (χ1n) is 9.16. The average Bonchev–Trinajstić information content (AvgIpc) is 3.31. The van der Waals surface area contributed by atoms with Gasteiger partial charge < -0.3 is 9.52 Å². The number of aryl methyl sites for hydroxylation is 2. The minimum absolute atomic E-state index is 0.129. The van der Waals surface area contributed by atoms with Gasteiger partial charge in [-0.05, 0) is 73.5 Å². The highest BCUT2D eigenvalue weighted by molar-refractivity contribution is 6.51.